The molecule has 0 aromatic heterocycles. The maximum Gasteiger partial charge on any atom is 0.232 e. The largest absolute Gasteiger partial charge is 0.317 e. The molecule has 2 N–H and O–H groups in total. The zero-order chi connectivity index (χ0) is 13.7. The van der Waals surface area contributed by atoms with Crippen LogP contribution in [0.2, 0.25) is 0 Å². The van der Waals surface area contributed by atoms with E-state index in [1.165, 1.54) is 17.5 Å². The van der Waals surface area contributed by atoms with Gasteiger partial charge in [-0.2, -0.15) is 0 Å². The van der Waals surface area contributed by atoms with E-state index in [1.54, 1.807) is 0 Å². The molecular weight excluding hydrogens is 260 g/mol. The Morgan fingerprint density at radius 3 is 2.79 bits per heavy atom. The van der Waals surface area contributed by atoms with Crippen molar-refractivity contribution in [1.82, 2.24) is 5.32 Å². The first kappa shape index (κ1) is 14.3. The molecule has 19 heavy (non-hydrogen) atoms. The van der Waals surface area contributed by atoms with Gasteiger partial charge >= 0.3 is 0 Å². The van der Waals surface area contributed by atoms with Crippen molar-refractivity contribution in [2.24, 2.45) is 0 Å². The normalized spacial score (nSPS) is 14.4. The fraction of sp³-hybridized carbons (Fsp3) is 0.571. The van der Waals surface area contributed by atoms with Crippen LogP contribution in [0.5, 0.6) is 0 Å². The molecular formula is C14H22N2O2S. The third-order valence-electron chi connectivity index (χ3n) is 3.39. The van der Waals surface area contributed by atoms with Crippen molar-refractivity contribution in [3.05, 3.63) is 29.3 Å². The zero-order valence-electron chi connectivity index (χ0n) is 11.4. The number of hydrogen-bond donors (Lipinski definition) is 2. The minimum atomic E-state index is -3.22. The Morgan fingerprint density at radius 2 is 2.00 bits per heavy atom. The van der Waals surface area contributed by atoms with Crippen molar-refractivity contribution in [2.75, 3.05) is 23.6 Å². The summed E-state index contributed by atoms with van der Waals surface area (Å²) >= 11 is 0. The standard InChI is InChI=1S/C14H22N2O2S/c1-2-15-9-4-10-19(17,18)16-14-8-7-12-5-3-6-13(12)11-14/h7-8,11,15-16H,2-6,9-10H2,1H3. The van der Waals surface area contributed by atoms with Crippen molar-refractivity contribution in [3.63, 3.8) is 0 Å². The first-order chi connectivity index (χ1) is 9.11. The van der Waals surface area contributed by atoms with Gasteiger partial charge in [0.15, 0.2) is 0 Å². The molecule has 2 rings (SSSR count). The third-order valence-corrected chi connectivity index (χ3v) is 4.76. The molecule has 0 aliphatic heterocycles. The van der Waals surface area contributed by atoms with Gasteiger partial charge < -0.3 is 5.32 Å². The average molecular weight is 282 g/mol. The van der Waals surface area contributed by atoms with Crippen LogP contribution in [0, 0.1) is 0 Å². The summed E-state index contributed by atoms with van der Waals surface area (Å²) < 4.78 is 26.5. The highest BCUT2D eigenvalue weighted by atomic mass is 32.2. The van der Waals surface area contributed by atoms with Crippen LogP contribution in [0.4, 0.5) is 5.69 Å². The number of hydrogen-bond acceptors (Lipinski definition) is 3. The number of rotatable bonds is 7. The molecule has 5 heteroatoms. The van der Waals surface area contributed by atoms with Gasteiger partial charge in [-0.05, 0) is 62.0 Å². The highest BCUT2D eigenvalue weighted by Crippen LogP contribution is 2.25. The predicted octanol–water partition coefficient (Wildman–Crippen LogP) is 1.92. The van der Waals surface area contributed by atoms with Crippen LogP contribution in [0.1, 0.15) is 30.9 Å². The van der Waals surface area contributed by atoms with Crippen LogP contribution in [-0.2, 0) is 22.9 Å². The summed E-state index contributed by atoms with van der Waals surface area (Å²) in [5.41, 5.74) is 3.34. The van der Waals surface area contributed by atoms with Crippen LogP contribution >= 0.6 is 0 Å². The van der Waals surface area contributed by atoms with E-state index in [0.29, 0.717) is 12.1 Å². The van der Waals surface area contributed by atoms with Gasteiger partial charge in [0.1, 0.15) is 0 Å². The fourth-order valence-corrected chi connectivity index (χ4v) is 3.54. The Balaban J connectivity index is 1.92. The molecule has 1 aliphatic rings. The van der Waals surface area contributed by atoms with Crippen LogP contribution in [0.3, 0.4) is 0 Å². The molecule has 0 saturated carbocycles. The van der Waals surface area contributed by atoms with E-state index in [1.807, 2.05) is 25.1 Å². The molecule has 0 amide bonds. The lowest BCUT2D eigenvalue weighted by atomic mass is 10.1. The Kier molecular flexibility index (Phi) is 4.82. The zero-order valence-corrected chi connectivity index (χ0v) is 12.2. The molecule has 1 aromatic rings. The molecule has 0 radical (unpaired) electrons. The number of benzene rings is 1. The van der Waals surface area contributed by atoms with Crippen LogP contribution < -0.4 is 10.0 Å². The first-order valence-electron chi connectivity index (χ1n) is 6.94. The van der Waals surface area contributed by atoms with Gasteiger partial charge in [-0.25, -0.2) is 8.42 Å². The van der Waals surface area contributed by atoms with E-state index < -0.39 is 10.0 Å². The lowest BCUT2D eigenvalue weighted by Gasteiger charge is -2.09. The van der Waals surface area contributed by atoms with E-state index in [-0.39, 0.29) is 5.75 Å². The molecule has 106 valence electrons. The van der Waals surface area contributed by atoms with E-state index in [9.17, 15) is 8.42 Å². The van der Waals surface area contributed by atoms with Gasteiger partial charge in [0.2, 0.25) is 10.0 Å². The van der Waals surface area contributed by atoms with Gasteiger partial charge in [-0.1, -0.05) is 13.0 Å². The Bertz CT molecular complexity index is 526. The second-order valence-electron chi connectivity index (χ2n) is 4.97. The minimum absolute atomic E-state index is 0.164. The first-order valence-corrected chi connectivity index (χ1v) is 8.59. The summed E-state index contributed by atoms with van der Waals surface area (Å²) in [7, 11) is -3.22. The summed E-state index contributed by atoms with van der Waals surface area (Å²) in [6.07, 6.45) is 3.98. The Labute approximate surface area is 115 Å². The van der Waals surface area contributed by atoms with Gasteiger partial charge in [0.25, 0.3) is 0 Å². The lowest BCUT2D eigenvalue weighted by molar-refractivity contribution is 0.595. The maximum absolute atomic E-state index is 11.9. The van der Waals surface area contributed by atoms with Gasteiger partial charge in [-0.3, -0.25) is 4.72 Å². The molecule has 1 aliphatic carbocycles. The van der Waals surface area contributed by atoms with Crippen LogP contribution in [0.15, 0.2) is 18.2 Å². The van der Waals surface area contributed by atoms with Crippen molar-refractivity contribution in [3.8, 4) is 0 Å². The van der Waals surface area contributed by atoms with Crippen molar-refractivity contribution in [1.29, 1.82) is 0 Å². The summed E-state index contributed by atoms with van der Waals surface area (Å²) in [6.45, 7) is 3.62. The SMILES string of the molecule is CCNCCCS(=O)(=O)Nc1ccc2c(c1)CCC2. The second-order valence-corrected chi connectivity index (χ2v) is 6.81. The monoisotopic (exact) mass is 282 g/mol. The van der Waals surface area contributed by atoms with E-state index >= 15 is 0 Å². The average Bonchev–Trinajstić information content (AvgIpc) is 2.81. The molecule has 0 atom stereocenters. The number of anilines is 1. The molecule has 0 saturated heterocycles. The number of nitrogens with one attached hydrogen (secondary N) is 2. The Hall–Kier alpha value is -1.07. The number of fused-ring (bicyclic) bond motifs is 1. The lowest BCUT2D eigenvalue weighted by Crippen LogP contribution is -2.21. The summed E-state index contributed by atoms with van der Waals surface area (Å²) in [4.78, 5) is 0. The topological polar surface area (TPSA) is 58.2 Å². The van der Waals surface area contributed by atoms with Crippen molar-refractivity contribution >= 4 is 15.7 Å². The van der Waals surface area contributed by atoms with E-state index in [2.05, 4.69) is 10.0 Å². The van der Waals surface area contributed by atoms with Crippen LogP contribution in [-0.4, -0.2) is 27.3 Å². The minimum Gasteiger partial charge on any atom is -0.317 e. The highest BCUT2D eigenvalue weighted by molar-refractivity contribution is 7.92. The summed E-state index contributed by atoms with van der Waals surface area (Å²) in [5, 5.41) is 3.13. The Morgan fingerprint density at radius 1 is 1.21 bits per heavy atom. The molecule has 0 fully saturated rings. The second kappa shape index (κ2) is 6.39. The molecule has 0 spiro atoms. The molecule has 1 aromatic carbocycles. The fourth-order valence-electron chi connectivity index (χ4n) is 2.43. The van der Waals surface area contributed by atoms with E-state index in [4.69, 9.17) is 0 Å². The van der Waals surface area contributed by atoms with Gasteiger partial charge in [0, 0.05) is 5.69 Å². The maximum atomic E-state index is 11.9. The molecule has 0 heterocycles. The smallest absolute Gasteiger partial charge is 0.232 e. The quantitative estimate of drug-likeness (QED) is 0.751. The highest BCUT2D eigenvalue weighted by Gasteiger charge is 2.14. The van der Waals surface area contributed by atoms with E-state index in [0.717, 1.165) is 25.9 Å². The predicted molar refractivity (Wildman–Crippen MR) is 79.0 cm³/mol. The van der Waals surface area contributed by atoms with Crippen molar-refractivity contribution in [2.45, 2.75) is 32.6 Å². The number of aryl methyl sites for hydroxylation is 2. The molecule has 4 nitrogen and oxygen atoms in total. The van der Waals surface area contributed by atoms with Gasteiger partial charge in [0.05, 0.1) is 5.75 Å². The molecule has 0 unspecified atom stereocenters. The van der Waals surface area contributed by atoms with Crippen molar-refractivity contribution < 1.29 is 8.42 Å². The van der Waals surface area contributed by atoms with Gasteiger partial charge in [-0.15, -0.1) is 0 Å². The molecule has 0 bridgehead atoms. The van der Waals surface area contributed by atoms with Crippen LogP contribution in [0.25, 0.3) is 0 Å². The summed E-state index contributed by atoms with van der Waals surface area (Å²) in [6, 6.07) is 5.88. The summed E-state index contributed by atoms with van der Waals surface area (Å²) in [5.74, 6) is 0.164. The number of sulfonamides is 1. The third kappa shape index (κ3) is 4.21.